The van der Waals surface area contributed by atoms with Gasteiger partial charge in [-0.3, -0.25) is 4.79 Å². The van der Waals surface area contributed by atoms with E-state index in [2.05, 4.69) is 19.4 Å². The molecular weight excluding hydrogens is 442 g/mol. The third-order valence-electron chi connectivity index (χ3n) is 5.27. The summed E-state index contributed by atoms with van der Waals surface area (Å²) in [6.07, 6.45) is 0.581. The van der Waals surface area contributed by atoms with Crippen LogP contribution in [0.3, 0.4) is 0 Å². The maximum Gasteiger partial charge on any atom is 0.269 e. The fraction of sp³-hybridized carbons (Fsp3) is 0.435. The Morgan fingerprint density at radius 3 is 2.39 bits per heavy atom. The first-order valence-corrected chi connectivity index (χ1v) is 11.7. The molecule has 3 rings (SSSR count). The average Bonchev–Trinajstić information content (AvgIpc) is 3.30. The number of benzene rings is 1. The zero-order chi connectivity index (χ0) is 24.5. The summed E-state index contributed by atoms with van der Waals surface area (Å²) in [7, 11) is 3.26. The first-order valence-electron chi connectivity index (χ1n) is 10.7. The van der Waals surface area contributed by atoms with Gasteiger partial charge in [-0.05, 0) is 42.5 Å². The standard InChI is InChI=1S/C23H31N5O4S/c1-8-14-10-11-15(18(29)17(14)22(30)28(6)7)24-20-21(27-33(31)26-20)25-19(23(3,4)5)16-12-9-13(2)32-16/h9-12,19,29H,8H2,1-7H3,(H,24,26)(H,25,27)/t19-,33?/m0/s1. The molecule has 0 fully saturated rings. The van der Waals surface area contributed by atoms with Crippen LogP contribution in [0.5, 0.6) is 5.75 Å². The van der Waals surface area contributed by atoms with Gasteiger partial charge < -0.3 is 25.1 Å². The van der Waals surface area contributed by atoms with Crippen LogP contribution in [0, 0.1) is 12.3 Å². The van der Waals surface area contributed by atoms with E-state index < -0.39 is 11.2 Å². The predicted molar refractivity (Wildman–Crippen MR) is 131 cm³/mol. The van der Waals surface area contributed by atoms with Crippen molar-refractivity contribution in [2.75, 3.05) is 19.4 Å². The van der Waals surface area contributed by atoms with Crippen molar-refractivity contribution in [3.05, 3.63) is 46.9 Å². The molecule has 9 nitrogen and oxygen atoms in total. The van der Waals surface area contributed by atoms with E-state index in [4.69, 9.17) is 4.42 Å². The van der Waals surface area contributed by atoms with Crippen molar-refractivity contribution in [1.29, 1.82) is 0 Å². The summed E-state index contributed by atoms with van der Waals surface area (Å²) >= 11 is -1.82. The zero-order valence-electron chi connectivity index (χ0n) is 20.0. The van der Waals surface area contributed by atoms with Crippen LogP contribution < -0.4 is 10.6 Å². The number of carbonyl (C=O) groups is 1. The van der Waals surface area contributed by atoms with E-state index in [1.54, 1.807) is 26.2 Å². The maximum atomic E-state index is 12.7. The number of amides is 1. The van der Waals surface area contributed by atoms with Crippen molar-refractivity contribution >= 4 is 34.4 Å². The number of hydrogen-bond donors (Lipinski definition) is 3. The molecule has 10 heteroatoms. The van der Waals surface area contributed by atoms with E-state index in [1.165, 1.54) is 4.90 Å². The molecule has 2 atom stereocenters. The number of nitrogens with zero attached hydrogens (tertiary/aromatic N) is 3. The molecule has 1 unspecified atom stereocenters. The van der Waals surface area contributed by atoms with Gasteiger partial charge >= 0.3 is 0 Å². The largest absolute Gasteiger partial charge is 0.505 e. The summed E-state index contributed by atoms with van der Waals surface area (Å²) in [5, 5.41) is 17.2. The van der Waals surface area contributed by atoms with Gasteiger partial charge in [0.05, 0.1) is 17.3 Å². The number of phenols is 1. The quantitative estimate of drug-likeness (QED) is 0.569. The molecule has 33 heavy (non-hydrogen) atoms. The summed E-state index contributed by atoms with van der Waals surface area (Å²) in [5.41, 5.74) is 0.947. The highest BCUT2D eigenvalue weighted by molar-refractivity contribution is 7.83. The van der Waals surface area contributed by atoms with Crippen molar-refractivity contribution in [3.63, 3.8) is 0 Å². The van der Waals surface area contributed by atoms with Gasteiger partial charge in [-0.1, -0.05) is 33.8 Å². The van der Waals surface area contributed by atoms with Crippen LogP contribution in [0.15, 0.2) is 37.5 Å². The smallest absolute Gasteiger partial charge is 0.269 e. The Morgan fingerprint density at radius 1 is 1.18 bits per heavy atom. The lowest BCUT2D eigenvalue weighted by molar-refractivity contribution is 0.0823. The number of hydrogen-bond acceptors (Lipinski definition) is 6. The molecule has 1 aromatic heterocycles. The second-order valence-corrected chi connectivity index (χ2v) is 10.0. The molecule has 0 aliphatic carbocycles. The van der Waals surface area contributed by atoms with Gasteiger partial charge in [0.1, 0.15) is 11.5 Å². The number of nitrogens with one attached hydrogen (secondary N) is 2. The van der Waals surface area contributed by atoms with Crippen molar-refractivity contribution in [2.45, 2.75) is 47.1 Å². The second-order valence-electron chi connectivity index (χ2n) is 9.18. The number of phenolic OH excluding ortho intramolecular Hbond substituents is 1. The summed E-state index contributed by atoms with van der Waals surface area (Å²) in [5.74, 6) is 1.48. The molecule has 178 valence electrons. The van der Waals surface area contributed by atoms with Gasteiger partial charge in [0.25, 0.3) is 17.1 Å². The summed E-state index contributed by atoms with van der Waals surface area (Å²) in [6.45, 7) is 9.93. The molecule has 1 aliphatic rings. The lowest BCUT2D eigenvalue weighted by Gasteiger charge is -2.30. The summed E-state index contributed by atoms with van der Waals surface area (Å²) in [4.78, 5) is 14.1. The van der Waals surface area contributed by atoms with Gasteiger partial charge in [0, 0.05) is 14.1 Å². The lowest BCUT2D eigenvalue weighted by atomic mass is 9.85. The molecule has 1 aromatic carbocycles. The number of amidine groups is 2. The van der Waals surface area contributed by atoms with E-state index in [0.717, 1.165) is 11.3 Å². The summed E-state index contributed by atoms with van der Waals surface area (Å²) < 4.78 is 26.2. The minimum atomic E-state index is -1.82. The Hall–Kier alpha value is -3.14. The Balaban J connectivity index is 1.94. The van der Waals surface area contributed by atoms with Crippen LogP contribution in [0.1, 0.15) is 61.2 Å². The third-order valence-corrected chi connectivity index (χ3v) is 5.95. The predicted octanol–water partition coefficient (Wildman–Crippen LogP) is 3.74. The molecule has 1 aliphatic heterocycles. The number of aryl methyl sites for hydroxylation is 2. The Labute approximate surface area is 196 Å². The van der Waals surface area contributed by atoms with Gasteiger partial charge in [-0.25, -0.2) is 4.21 Å². The molecule has 3 N–H and O–H groups in total. The van der Waals surface area contributed by atoms with Gasteiger partial charge in [-0.15, -0.1) is 8.80 Å². The minimum Gasteiger partial charge on any atom is -0.505 e. The van der Waals surface area contributed by atoms with E-state index >= 15 is 0 Å². The third kappa shape index (κ3) is 5.27. The molecule has 0 bridgehead atoms. The Kier molecular flexibility index (Phi) is 6.97. The minimum absolute atomic E-state index is 0.193. The second kappa shape index (κ2) is 9.38. The van der Waals surface area contributed by atoms with Crippen molar-refractivity contribution in [2.24, 2.45) is 14.2 Å². The highest BCUT2D eigenvalue weighted by atomic mass is 32.2. The molecule has 2 aromatic rings. The molecule has 0 saturated carbocycles. The zero-order valence-corrected chi connectivity index (χ0v) is 20.8. The fourth-order valence-corrected chi connectivity index (χ4v) is 4.14. The van der Waals surface area contributed by atoms with Gasteiger partial charge in [-0.2, -0.15) is 0 Å². The van der Waals surface area contributed by atoms with E-state index in [9.17, 15) is 14.1 Å². The lowest BCUT2D eigenvalue weighted by Crippen LogP contribution is -2.41. The van der Waals surface area contributed by atoms with E-state index in [1.807, 2.05) is 46.8 Å². The number of furan rings is 1. The van der Waals surface area contributed by atoms with Gasteiger partial charge in [0.15, 0.2) is 17.4 Å². The maximum absolute atomic E-state index is 12.7. The molecule has 2 heterocycles. The molecule has 1 amide bonds. The number of anilines is 1. The number of rotatable bonds is 5. The highest BCUT2D eigenvalue weighted by Gasteiger charge is 2.33. The van der Waals surface area contributed by atoms with Crippen LogP contribution in [0.25, 0.3) is 0 Å². The average molecular weight is 474 g/mol. The summed E-state index contributed by atoms with van der Waals surface area (Å²) in [6, 6.07) is 6.93. The Bertz CT molecular complexity index is 1140. The molecule has 0 radical (unpaired) electrons. The topological polar surface area (TPSA) is 120 Å². The molecular formula is C23H31N5O4S. The van der Waals surface area contributed by atoms with Crippen molar-refractivity contribution in [3.8, 4) is 5.75 Å². The van der Waals surface area contributed by atoms with Crippen LogP contribution in [0.2, 0.25) is 0 Å². The number of aromatic hydroxyl groups is 1. The Morgan fingerprint density at radius 2 is 1.85 bits per heavy atom. The van der Waals surface area contributed by atoms with Gasteiger partial charge in [0.2, 0.25) is 0 Å². The molecule has 0 spiro atoms. The SMILES string of the molecule is CCc1ccc(NC2=NS(=O)N=C2N[C@@H](c2ccc(C)o2)C(C)(C)C)c(O)c1C(=O)N(C)C. The first kappa shape index (κ1) is 24.5. The van der Waals surface area contributed by atoms with Crippen LogP contribution in [-0.2, 0) is 17.6 Å². The van der Waals surface area contributed by atoms with Crippen molar-refractivity contribution < 1.29 is 18.5 Å². The number of carbonyl (C=O) groups excluding carboxylic acids is 1. The van der Waals surface area contributed by atoms with Crippen molar-refractivity contribution in [1.82, 2.24) is 10.2 Å². The van der Waals surface area contributed by atoms with Crippen LogP contribution >= 0.6 is 0 Å². The van der Waals surface area contributed by atoms with Crippen LogP contribution in [0.4, 0.5) is 5.69 Å². The molecule has 0 saturated heterocycles. The fourth-order valence-electron chi connectivity index (χ4n) is 3.52. The van der Waals surface area contributed by atoms with E-state index in [0.29, 0.717) is 12.2 Å². The van der Waals surface area contributed by atoms with Crippen LogP contribution in [-0.4, -0.2) is 45.9 Å². The first-order chi connectivity index (χ1) is 15.4. The normalized spacial score (nSPS) is 16.8. The highest BCUT2D eigenvalue weighted by Crippen LogP contribution is 2.35. The monoisotopic (exact) mass is 473 g/mol. The van der Waals surface area contributed by atoms with E-state index in [-0.39, 0.29) is 46.0 Å².